The van der Waals surface area contributed by atoms with E-state index in [-0.39, 0.29) is 12.8 Å². The van der Waals surface area contributed by atoms with Gasteiger partial charge in [0.2, 0.25) is 0 Å². The van der Waals surface area contributed by atoms with Crippen LogP contribution < -0.4 is 0 Å². The first-order chi connectivity index (χ1) is 25.1. The number of hydrogen-bond acceptors (Lipinski definition) is 8. The van der Waals surface area contributed by atoms with Gasteiger partial charge in [0.1, 0.15) is 6.61 Å². The van der Waals surface area contributed by atoms with Crippen molar-refractivity contribution >= 4 is 19.8 Å². The van der Waals surface area contributed by atoms with E-state index in [1.165, 1.54) is 51.4 Å². The lowest BCUT2D eigenvalue weighted by molar-refractivity contribution is -0.161. The molecule has 0 amide bonds. The molecule has 0 saturated heterocycles. The van der Waals surface area contributed by atoms with Crippen molar-refractivity contribution in [2.24, 2.45) is 0 Å². The van der Waals surface area contributed by atoms with Crippen molar-refractivity contribution < 1.29 is 48.2 Å². The number of aliphatic hydroxyl groups is 2. The van der Waals surface area contributed by atoms with Crippen molar-refractivity contribution in [1.29, 1.82) is 0 Å². The number of ether oxygens (including phenoxy) is 2. The van der Waals surface area contributed by atoms with Gasteiger partial charge in [-0.3, -0.25) is 14.1 Å². The molecule has 0 aromatic heterocycles. The van der Waals surface area contributed by atoms with Crippen molar-refractivity contribution in [1.82, 2.24) is 0 Å². The van der Waals surface area contributed by atoms with Crippen LogP contribution in [0, 0.1) is 0 Å². The third kappa shape index (κ3) is 37.4. The number of rotatable bonds is 35. The smallest absolute Gasteiger partial charge is 0.462 e. The highest BCUT2D eigenvalue weighted by Gasteiger charge is 2.23. The molecule has 0 rings (SSSR count). The Morgan fingerprint density at radius 2 is 1.10 bits per heavy atom. The number of phosphoric acid groups is 1. The fourth-order valence-electron chi connectivity index (χ4n) is 5.17. The van der Waals surface area contributed by atoms with E-state index in [2.05, 4.69) is 30.5 Å². The molecule has 3 atom stereocenters. The standard InChI is InChI=1S/C41H71O10P/c1-3-5-7-8-9-10-11-12-13-14-15-16-20-23-27-33-41(45)51-39(36-50-52(46,47)48)35-49-40(44)34-28-32-38(43)31-26-22-19-17-18-21-25-30-37(42)29-24-6-4-2/h10-11,18-19,21-22,25-26,30-31,37-39,42-43H,3-9,12-17,20,23-24,27-29,32-36H2,1-2H3,(H2,46,47,48)/b11-10-,21-18-,22-19-,30-25+,31-26+/t37-,38-,39+/m0/s1. The summed E-state index contributed by atoms with van der Waals surface area (Å²) < 4.78 is 26.2. The van der Waals surface area contributed by atoms with Gasteiger partial charge in [-0.2, -0.15) is 0 Å². The molecule has 52 heavy (non-hydrogen) atoms. The molecule has 0 aliphatic carbocycles. The molecule has 4 N–H and O–H groups in total. The Kier molecular flexibility index (Phi) is 34.1. The molecular formula is C41H71O10P. The summed E-state index contributed by atoms with van der Waals surface area (Å²) in [7, 11) is -4.81. The predicted octanol–water partition coefficient (Wildman–Crippen LogP) is 9.68. The number of aliphatic hydroxyl groups excluding tert-OH is 2. The molecule has 0 aliphatic rings. The molecule has 11 heteroatoms. The van der Waals surface area contributed by atoms with Crippen LogP contribution in [0.5, 0.6) is 0 Å². The van der Waals surface area contributed by atoms with E-state index in [4.69, 9.17) is 19.3 Å². The number of unbranched alkanes of at least 4 members (excludes halogenated alkanes) is 13. The van der Waals surface area contributed by atoms with Crippen LogP contribution >= 0.6 is 7.82 Å². The third-order valence-electron chi connectivity index (χ3n) is 8.22. The highest BCUT2D eigenvalue weighted by Crippen LogP contribution is 2.36. The molecule has 0 aromatic rings. The van der Waals surface area contributed by atoms with Crippen LogP contribution in [-0.4, -0.2) is 63.5 Å². The molecule has 0 unspecified atom stereocenters. The van der Waals surface area contributed by atoms with Crippen molar-refractivity contribution in [2.45, 2.75) is 173 Å². The largest absolute Gasteiger partial charge is 0.469 e. The summed E-state index contributed by atoms with van der Waals surface area (Å²) in [6.07, 6.45) is 37.2. The van der Waals surface area contributed by atoms with Crippen LogP contribution in [0.1, 0.15) is 155 Å². The van der Waals surface area contributed by atoms with E-state index >= 15 is 0 Å². The van der Waals surface area contributed by atoms with Crippen LogP contribution in [0.25, 0.3) is 0 Å². The summed E-state index contributed by atoms with van der Waals surface area (Å²) in [6, 6.07) is 0. The second kappa shape index (κ2) is 35.7. The minimum Gasteiger partial charge on any atom is -0.462 e. The van der Waals surface area contributed by atoms with Gasteiger partial charge in [-0.15, -0.1) is 0 Å². The summed E-state index contributed by atoms with van der Waals surface area (Å²) in [6.45, 7) is 3.36. The molecule has 0 aliphatic heterocycles. The fourth-order valence-corrected chi connectivity index (χ4v) is 5.53. The normalized spacial score (nSPS) is 14.3. The molecule has 0 spiro atoms. The number of allylic oxidation sites excluding steroid dienone is 8. The van der Waals surface area contributed by atoms with E-state index in [0.717, 1.165) is 51.4 Å². The van der Waals surface area contributed by atoms with Crippen LogP contribution in [0.15, 0.2) is 60.8 Å². The average molecular weight is 755 g/mol. The Hall–Kier alpha value is -2.33. The first-order valence-electron chi connectivity index (χ1n) is 19.8. The fraction of sp³-hybridized carbons (Fsp3) is 0.707. The summed E-state index contributed by atoms with van der Waals surface area (Å²) >= 11 is 0. The second-order valence-electron chi connectivity index (χ2n) is 13.3. The number of carbonyl (C=O) groups is 2. The van der Waals surface area contributed by atoms with Crippen molar-refractivity contribution in [3.05, 3.63) is 60.8 Å². The lowest BCUT2D eigenvalue weighted by Crippen LogP contribution is -2.29. The van der Waals surface area contributed by atoms with Gasteiger partial charge in [0.25, 0.3) is 0 Å². The maximum atomic E-state index is 12.4. The average Bonchev–Trinajstić information content (AvgIpc) is 3.10. The Morgan fingerprint density at radius 3 is 1.67 bits per heavy atom. The predicted molar refractivity (Wildman–Crippen MR) is 209 cm³/mol. The number of phosphoric ester groups is 1. The summed E-state index contributed by atoms with van der Waals surface area (Å²) in [5, 5.41) is 20.0. The lowest BCUT2D eigenvalue weighted by Gasteiger charge is -2.18. The van der Waals surface area contributed by atoms with Crippen molar-refractivity contribution in [2.75, 3.05) is 13.2 Å². The van der Waals surface area contributed by atoms with Crippen LogP contribution in [0.2, 0.25) is 0 Å². The zero-order valence-corrected chi connectivity index (χ0v) is 33.1. The molecule has 0 fully saturated rings. The van der Waals surface area contributed by atoms with Gasteiger partial charge in [0.05, 0.1) is 18.8 Å². The van der Waals surface area contributed by atoms with Gasteiger partial charge < -0.3 is 29.5 Å². The highest BCUT2D eigenvalue weighted by atomic mass is 31.2. The van der Waals surface area contributed by atoms with E-state index in [1.54, 1.807) is 18.2 Å². The molecule has 300 valence electrons. The molecule has 0 bridgehead atoms. The van der Waals surface area contributed by atoms with E-state index in [1.807, 2.05) is 30.4 Å². The SMILES string of the molecule is CCCCCC/C=C\CCCCCCCCCC(=O)O[C@H](COC(=O)CCC[C@@H](O)/C=C/C=C\C/C=C\C=C\[C@@H](O)CCCCC)COP(=O)(O)O. The maximum Gasteiger partial charge on any atom is 0.469 e. The zero-order valence-electron chi connectivity index (χ0n) is 32.2. The molecule has 0 aromatic carbocycles. The quantitative estimate of drug-likeness (QED) is 0.0161. The van der Waals surface area contributed by atoms with Crippen LogP contribution in [-0.2, 0) is 28.2 Å². The maximum absolute atomic E-state index is 12.4. The summed E-state index contributed by atoms with van der Waals surface area (Å²) in [5.41, 5.74) is 0. The van der Waals surface area contributed by atoms with Crippen LogP contribution in [0.3, 0.4) is 0 Å². The van der Waals surface area contributed by atoms with E-state index in [0.29, 0.717) is 25.7 Å². The minimum atomic E-state index is -4.81. The molecule has 0 saturated carbocycles. The topological polar surface area (TPSA) is 160 Å². The monoisotopic (exact) mass is 754 g/mol. The molecule has 0 radical (unpaired) electrons. The van der Waals surface area contributed by atoms with Gasteiger partial charge in [-0.05, 0) is 57.8 Å². The van der Waals surface area contributed by atoms with Gasteiger partial charge in [0.15, 0.2) is 6.10 Å². The zero-order chi connectivity index (χ0) is 38.5. The number of carbonyl (C=O) groups excluding carboxylic acids is 2. The Bertz CT molecular complexity index is 1060. The van der Waals surface area contributed by atoms with Crippen molar-refractivity contribution in [3.8, 4) is 0 Å². The van der Waals surface area contributed by atoms with Gasteiger partial charge in [-0.25, -0.2) is 4.57 Å². The number of hydrogen-bond donors (Lipinski definition) is 4. The first-order valence-corrected chi connectivity index (χ1v) is 21.3. The van der Waals surface area contributed by atoms with Crippen LogP contribution in [0.4, 0.5) is 0 Å². The Morgan fingerprint density at radius 1 is 0.596 bits per heavy atom. The highest BCUT2D eigenvalue weighted by molar-refractivity contribution is 7.46. The Balaban J connectivity index is 4.21. The third-order valence-corrected chi connectivity index (χ3v) is 8.70. The first kappa shape index (κ1) is 49.7. The second-order valence-corrected chi connectivity index (χ2v) is 14.5. The van der Waals surface area contributed by atoms with Crippen molar-refractivity contribution in [3.63, 3.8) is 0 Å². The lowest BCUT2D eigenvalue weighted by atomic mass is 10.1. The van der Waals surface area contributed by atoms with E-state index < -0.39 is 51.3 Å². The minimum absolute atomic E-state index is 0.0161. The van der Waals surface area contributed by atoms with Gasteiger partial charge in [-0.1, -0.05) is 145 Å². The summed E-state index contributed by atoms with van der Waals surface area (Å²) in [5.74, 6) is -1.12. The van der Waals surface area contributed by atoms with Gasteiger partial charge >= 0.3 is 19.8 Å². The van der Waals surface area contributed by atoms with E-state index in [9.17, 15) is 24.4 Å². The number of esters is 2. The summed E-state index contributed by atoms with van der Waals surface area (Å²) in [4.78, 5) is 42.8. The van der Waals surface area contributed by atoms with Gasteiger partial charge in [0, 0.05) is 12.8 Å². The Labute approximate surface area is 314 Å². The molecular weight excluding hydrogens is 683 g/mol. The molecule has 0 heterocycles. The molecule has 10 nitrogen and oxygen atoms in total.